The number of nitrogens with one attached hydrogen (secondary N) is 1. The van der Waals surface area contributed by atoms with Crippen LogP contribution in [0.15, 0.2) is 48.5 Å². The summed E-state index contributed by atoms with van der Waals surface area (Å²) in [7, 11) is 0. The minimum absolute atomic E-state index is 0.0592. The molecule has 3 amide bonds. The second kappa shape index (κ2) is 11.2. The molecular weight excluding hydrogens is 490 g/mol. The number of nitrogens with zero attached hydrogens (tertiary/aromatic N) is 2. The Labute approximate surface area is 211 Å². The lowest BCUT2D eigenvalue weighted by Gasteiger charge is -2.31. The highest BCUT2D eigenvalue weighted by atomic mass is 35.5. The van der Waals surface area contributed by atoms with Gasteiger partial charge in [-0.3, -0.25) is 19.3 Å². The summed E-state index contributed by atoms with van der Waals surface area (Å²) in [6, 6.07) is 11.3. The summed E-state index contributed by atoms with van der Waals surface area (Å²) >= 11 is 6.77. The van der Waals surface area contributed by atoms with Crippen LogP contribution in [0.3, 0.4) is 0 Å². The van der Waals surface area contributed by atoms with E-state index in [1.54, 1.807) is 36.4 Å². The number of hydrogen-bond acceptors (Lipinski definition) is 7. The maximum atomic E-state index is 13.9. The number of nitrogen functional groups attached to an aromatic ring is 1. The molecule has 1 unspecified atom stereocenters. The van der Waals surface area contributed by atoms with E-state index in [0.717, 1.165) is 6.42 Å². The first kappa shape index (κ1) is 26.0. The van der Waals surface area contributed by atoms with E-state index in [2.05, 4.69) is 9.69 Å². The molecule has 184 valence electrons. The molecule has 0 saturated carbocycles. The predicted molar refractivity (Wildman–Crippen MR) is 137 cm³/mol. The first-order valence-electron chi connectivity index (χ1n) is 10.8. The summed E-state index contributed by atoms with van der Waals surface area (Å²) in [5.41, 5.74) is 11.7. The number of nitrogens with two attached hydrogens (primary N) is 2. The molecule has 0 aliphatic carbocycles. The van der Waals surface area contributed by atoms with Gasteiger partial charge in [-0.25, -0.2) is 0 Å². The zero-order valence-corrected chi connectivity index (χ0v) is 20.8. The number of hydrogen-bond donors (Lipinski definition) is 4. The van der Waals surface area contributed by atoms with Gasteiger partial charge in [-0.1, -0.05) is 43.6 Å². The van der Waals surface area contributed by atoms with Crippen molar-refractivity contribution in [2.24, 2.45) is 11.7 Å². The average molecular weight is 516 g/mol. The van der Waals surface area contributed by atoms with Crippen molar-refractivity contribution in [1.29, 1.82) is 0 Å². The molecule has 0 spiro atoms. The van der Waals surface area contributed by atoms with Gasteiger partial charge in [-0.2, -0.15) is 4.37 Å². The normalized spacial score (nSPS) is 11.8. The molecule has 11 heteroatoms. The lowest BCUT2D eigenvalue weighted by molar-refractivity contribution is -0.122. The van der Waals surface area contributed by atoms with E-state index in [1.807, 2.05) is 13.8 Å². The number of anilines is 2. The Morgan fingerprint density at radius 2 is 1.86 bits per heavy atom. The van der Waals surface area contributed by atoms with Gasteiger partial charge in [0.2, 0.25) is 5.91 Å². The highest BCUT2D eigenvalue weighted by Crippen LogP contribution is 2.34. The van der Waals surface area contributed by atoms with Gasteiger partial charge in [0.15, 0.2) is 5.69 Å². The van der Waals surface area contributed by atoms with Gasteiger partial charge in [-0.05, 0) is 53.7 Å². The molecular formula is C24H26ClN5O4S. The van der Waals surface area contributed by atoms with Crippen LogP contribution in [0.4, 0.5) is 11.4 Å². The number of aromatic nitrogens is 1. The summed E-state index contributed by atoms with van der Waals surface area (Å²) in [6.45, 7) is 4.47. The van der Waals surface area contributed by atoms with Crippen molar-refractivity contribution in [1.82, 2.24) is 9.69 Å². The van der Waals surface area contributed by atoms with Crippen LogP contribution in [-0.4, -0.2) is 33.7 Å². The Bertz CT molecular complexity index is 1230. The van der Waals surface area contributed by atoms with Crippen molar-refractivity contribution in [2.75, 3.05) is 17.2 Å². The predicted octanol–water partition coefficient (Wildman–Crippen LogP) is 3.73. The van der Waals surface area contributed by atoms with Crippen molar-refractivity contribution in [3.8, 4) is 5.75 Å². The van der Waals surface area contributed by atoms with Crippen molar-refractivity contribution >= 4 is 52.2 Å². The number of rotatable bonds is 9. The Hall–Kier alpha value is -3.63. The van der Waals surface area contributed by atoms with Gasteiger partial charge in [0.05, 0.1) is 5.69 Å². The number of primary amides is 1. The van der Waals surface area contributed by atoms with Crippen LogP contribution in [0.2, 0.25) is 5.02 Å². The zero-order valence-electron chi connectivity index (χ0n) is 19.2. The monoisotopic (exact) mass is 515 g/mol. The minimum atomic E-state index is -1.15. The molecule has 1 atom stereocenters. The van der Waals surface area contributed by atoms with E-state index in [9.17, 15) is 19.5 Å². The Morgan fingerprint density at radius 3 is 2.43 bits per heavy atom. The van der Waals surface area contributed by atoms with E-state index in [4.69, 9.17) is 23.1 Å². The maximum Gasteiger partial charge on any atom is 0.273 e. The number of aromatic hydroxyl groups is 1. The molecule has 0 bridgehead atoms. The van der Waals surface area contributed by atoms with Crippen molar-refractivity contribution in [3.63, 3.8) is 0 Å². The van der Waals surface area contributed by atoms with Gasteiger partial charge in [0.25, 0.3) is 11.8 Å². The number of phenols is 1. The van der Waals surface area contributed by atoms with E-state index in [0.29, 0.717) is 34.6 Å². The fraction of sp³-hybridized carbons (Fsp3) is 0.250. The quantitative estimate of drug-likeness (QED) is 0.340. The molecule has 6 N–H and O–H groups in total. The number of carbonyl (C=O) groups is 3. The molecule has 0 aliphatic heterocycles. The molecule has 1 heterocycles. The van der Waals surface area contributed by atoms with E-state index >= 15 is 0 Å². The lowest BCUT2D eigenvalue weighted by Crippen LogP contribution is -2.44. The number of halogens is 1. The minimum Gasteiger partial charge on any atom is -0.508 e. The Kier molecular flexibility index (Phi) is 8.31. The summed E-state index contributed by atoms with van der Waals surface area (Å²) in [5, 5.41) is 13.5. The van der Waals surface area contributed by atoms with Crippen LogP contribution in [0, 0.1) is 5.92 Å². The van der Waals surface area contributed by atoms with Crippen LogP contribution >= 0.6 is 23.1 Å². The summed E-state index contributed by atoms with van der Waals surface area (Å²) < 4.78 is 3.91. The zero-order chi connectivity index (χ0) is 25.7. The molecule has 0 radical (unpaired) electrons. The first-order valence-corrected chi connectivity index (χ1v) is 12.0. The van der Waals surface area contributed by atoms with Gasteiger partial charge in [0.1, 0.15) is 16.7 Å². The fourth-order valence-corrected chi connectivity index (χ4v) is 4.28. The van der Waals surface area contributed by atoms with Crippen LogP contribution in [0.5, 0.6) is 5.75 Å². The SMILES string of the molecule is CC(C)CCNC(=O)C(c1ccc(Cl)cc1)N(C(=O)c1snc(C(N)=O)c1N)c1cccc(O)c1. The van der Waals surface area contributed by atoms with Crippen LogP contribution in [0.25, 0.3) is 0 Å². The number of benzene rings is 2. The molecule has 3 aromatic rings. The lowest BCUT2D eigenvalue weighted by atomic mass is 10.0. The van der Waals surface area contributed by atoms with Crippen molar-refractivity contribution in [3.05, 3.63) is 69.7 Å². The smallest absolute Gasteiger partial charge is 0.273 e. The van der Waals surface area contributed by atoms with Crippen LogP contribution in [0.1, 0.15) is 52.0 Å². The van der Waals surface area contributed by atoms with Gasteiger partial charge in [0, 0.05) is 23.3 Å². The molecule has 3 rings (SSSR count). The second-order valence-corrected chi connectivity index (χ2v) is 9.47. The highest BCUT2D eigenvalue weighted by molar-refractivity contribution is 7.09. The van der Waals surface area contributed by atoms with Gasteiger partial charge >= 0.3 is 0 Å². The van der Waals surface area contributed by atoms with Crippen molar-refractivity contribution in [2.45, 2.75) is 26.3 Å². The van der Waals surface area contributed by atoms with Crippen LogP contribution in [-0.2, 0) is 4.79 Å². The average Bonchev–Trinajstić information content (AvgIpc) is 3.19. The fourth-order valence-electron chi connectivity index (χ4n) is 3.41. The van der Waals surface area contributed by atoms with E-state index in [-0.39, 0.29) is 27.7 Å². The second-order valence-electron chi connectivity index (χ2n) is 8.26. The number of carbonyl (C=O) groups excluding carboxylic acids is 3. The number of amides is 3. The topological polar surface area (TPSA) is 152 Å². The first-order chi connectivity index (χ1) is 16.6. The molecule has 0 fully saturated rings. The molecule has 35 heavy (non-hydrogen) atoms. The number of phenolic OH excluding ortho intramolecular Hbond substituents is 1. The van der Waals surface area contributed by atoms with Crippen LogP contribution < -0.4 is 21.7 Å². The largest absolute Gasteiger partial charge is 0.508 e. The maximum absolute atomic E-state index is 13.9. The standard InChI is InChI=1S/C24H26ClN5O4S/c1-13(2)10-11-28-23(33)20(14-6-8-15(25)9-7-14)30(16-4-3-5-17(31)12-16)24(34)21-18(26)19(22(27)32)29-35-21/h3-9,12-13,20,31H,10-11,26H2,1-2H3,(H2,27,32)(H,28,33). The van der Waals surface area contributed by atoms with Gasteiger partial charge < -0.3 is 21.9 Å². The van der Waals surface area contributed by atoms with Gasteiger partial charge in [-0.15, -0.1) is 0 Å². The van der Waals surface area contributed by atoms with E-state index in [1.165, 1.54) is 17.0 Å². The summed E-state index contributed by atoms with van der Waals surface area (Å²) in [5.74, 6) is -1.75. The summed E-state index contributed by atoms with van der Waals surface area (Å²) in [6.07, 6.45) is 0.739. The summed E-state index contributed by atoms with van der Waals surface area (Å²) in [4.78, 5) is 40.2. The Balaban J connectivity index is 2.16. The molecule has 0 aliphatic rings. The third-order valence-electron chi connectivity index (χ3n) is 5.20. The molecule has 2 aromatic carbocycles. The molecule has 9 nitrogen and oxygen atoms in total. The highest BCUT2D eigenvalue weighted by Gasteiger charge is 2.36. The Morgan fingerprint density at radius 1 is 1.17 bits per heavy atom. The van der Waals surface area contributed by atoms with E-state index < -0.39 is 23.8 Å². The molecule has 0 saturated heterocycles. The third kappa shape index (κ3) is 6.09. The third-order valence-corrected chi connectivity index (χ3v) is 6.30. The van der Waals surface area contributed by atoms with Crippen molar-refractivity contribution < 1.29 is 19.5 Å². The molecule has 1 aromatic heterocycles.